The molecule has 3 amide bonds. The number of benzene rings is 2. The summed E-state index contributed by atoms with van der Waals surface area (Å²) < 4.78 is 2.30. The smallest absolute Gasteiger partial charge is 0.244 e. The molecule has 0 saturated heterocycles. The summed E-state index contributed by atoms with van der Waals surface area (Å²) in [5.41, 5.74) is 5.77. The van der Waals surface area contributed by atoms with Crippen LogP contribution in [0.2, 0.25) is 0 Å². The van der Waals surface area contributed by atoms with Gasteiger partial charge < -0.3 is 10.6 Å². The molecule has 2 aromatic rings. The summed E-state index contributed by atoms with van der Waals surface area (Å²) in [6, 6.07) is 17.2. The minimum atomic E-state index is -0.691. The number of hydroxylamine groups is 1. The fourth-order valence-corrected chi connectivity index (χ4v) is 5.41. The number of nitrogens with one attached hydrogen (secondary N) is 3. The molecule has 0 aliphatic carbocycles. The molecular formula is C31H41N4O4+. The van der Waals surface area contributed by atoms with E-state index in [2.05, 4.69) is 39.0 Å². The van der Waals surface area contributed by atoms with Crippen LogP contribution in [-0.4, -0.2) is 47.6 Å². The van der Waals surface area contributed by atoms with E-state index in [1.54, 1.807) is 0 Å². The Morgan fingerprint density at radius 1 is 1.05 bits per heavy atom. The molecule has 39 heavy (non-hydrogen) atoms. The lowest BCUT2D eigenvalue weighted by Gasteiger charge is -2.23. The molecular weight excluding hydrogens is 492 g/mol. The molecule has 0 spiro atoms. The summed E-state index contributed by atoms with van der Waals surface area (Å²) in [5, 5.41) is 6.05. The number of rotatable bonds is 9. The molecule has 2 aliphatic rings. The molecule has 3 N–H and O–H groups in total. The van der Waals surface area contributed by atoms with Crippen molar-refractivity contribution in [2.45, 2.75) is 76.9 Å². The maximum absolute atomic E-state index is 13.4. The third kappa shape index (κ3) is 8.23. The van der Waals surface area contributed by atoms with Gasteiger partial charge in [-0.3, -0.25) is 19.2 Å². The van der Waals surface area contributed by atoms with Gasteiger partial charge in [0.2, 0.25) is 23.4 Å². The number of hydrogen-bond donors (Lipinski definition) is 3. The third-order valence-corrected chi connectivity index (χ3v) is 7.46. The van der Waals surface area contributed by atoms with Gasteiger partial charge in [-0.25, -0.2) is 10.1 Å². The topological polar surface area (TPSA) is 99.5 Å². The fraction of sp³-hybridized carbons (Fsp3) is 0.484. The first-order valence-electron chi connectivity index (χ1n) is 14.3. The summed E-state index contributed by atoms with van der Waals surface area (Å²) in [5.74, 6) is -1.32. The van der Waals surface area contributed by atoms with Crippen LogP contribution in [0.15, 0.2) is 54.6 Å². The van der Waals surface area contributed by atoms with E-state index in [0.717, 1.165) is 44.2 Å². The fourth-order valence-electron chi connectivity index (χ4n) is 5.41. The van der Waals surface area contributed by atoms with Crippen LogP contribution in [-0.2, 0) is 25.8 Å². The van der Waals surface area contributed by atoms with Gasteiger partial charge in [-0.15, -0.1) is 0 Å². The average molecular weight is 534 g/mol. The maximum Gasteiger partial charge on any atom is 0.244 e. The quantitative estimate of drug-likeness (QED) is 0.334. The Labute approximate surface area is 231 Å². The Morgan fingerprint density at radius 2 is 1.82 bits per heavy atom. The number of para-hydroxylation sites is 1. The van der Waals surface area contributed by atoms with Crippen LogP contribution in [0.4, 0.5) is 5.69 Å². The molecule has 2 heterocycles. The Bertz CT molecular complexity index is 1150. The van der Waals surface area contributed by atoms with E-state index in [4.69, 9.17) is 4.84 Å². The van der Waals surface area contributed by atoms with Crippen molar-refractivity contribution in [2.75, 3.05) is 13.1 Å². The van der Waals surface area contributed by atoms with E-state index in [0.29, 0.717) is 19.4 Å². The van der Waals surface area contributed by atoms with Gasteiger partial charge in [0.15, 0.2) is 6.21 Å². The summed E-state index contributed by atoms with van der Waals surface area (Å²) in [7, 11) is 0. The van der Waals surface area contributed by atoms with Crippen molar-refractivity contribution in [1.29, 1.82) is 0 Å². The van der Waals surface area contributed by atoms with E-state index in [-0.39, 0.29) is 36.7 Å². The molecule has 2 bridgehead atoms. The molecule has 0 saturated carbocycles. The number of carbonyl (C=O) groups is 3. The standard InChI is InChI=1S/C31H40N4O4/c1-2-12-24(20-29(36)34-39-22-23-13-6-5-7-14-23)30(37)33-27-19-25-21-35(28-16-9-8-15-26(25)28)18-11-4-3-10-17-32-31(27)38/h5-9,13-16,21,24-25,27H,2-4,10-12,17-20,22H2,1H3,(H2-,32,33,34,36,37,38)/p+1/t24-,25?,27+/m1/s1. The van der Waals surface area contributed by atoms with Crippen molar-refractivity contribution in [3.05, 3.63) is 65.7 Å². The van der Waals surface area contributed by atoms with Gasteiger partial charge in [0.25, 0.3) is 0 Å². The second-order valence-corrected chi connectivity index (χ2v) is 10.5. The van der Waals surface area contributed by atoms with Gasteiger partial charge in [-0.05, 0) is 31.2 Å². The van der Waals surface area contributed by atoms with Crippen LogP contribution in [0.25, 0.3) is 0 Å². The SMILES string of the molecule is CCC[C@H](CC(=O)NOCc1ccccc1)C(=O)N[C@H]1CC2C=[N+](CCCCCCNC1=O)c1ccccc12. The molecule has 8 heteroatoms. The molecule has 1 unspecified atom stereocenters. The zero-order chi connectivity index (χ0) is 27.5. The van der Waals surface area contributed by atoms with Crippen LogP contribution in [0.1, 0.15) is 75.3 Å². The van der Waals surface area contributed by atoms with E-state index >= 15 is 0 Å². The van der Waals surface area contributed by atoms with Crippen LogP contribution in [0.5, 0.6) is 0 Å². The summed E-state index contributed by atoms with van der Waals surface area (Å²) in [6.45, 7) is 3.77. The molecule has 2 aromatic carbocycles. The van der Waals surface area contributed by atoms with E-state index in [9.17, 15) is 14.4 Å². The van der Waals surface area contributed by atoms with Crippen molar-refractivity contribution < 1.29 is 23.8 Å². The summed E-state index contributed by atoms with van der Waals surface area (Å²) >= 11 is 0. The Balaban J connectivity index is 1.41. The van der Waals surface area contributed by atoms with Gasteiger partial charge in [-0.1, -0.05) is 68.3 Å². The second-order valence-electron chi connectivity index (χ2n) is 10.5. The highest BCUT2D eigenvalue weighted by Gasteiger charge is 2.35. The minimum absolute atomic E-state index is 0.00499. The average Bonchev–Trinajstić information content (AvgIpc) is 3.29. The molecule has 3 atom stereocenters. The van der Waals surface area contributed by atoms with E-state index in [1.165, 1.54) is 11.3 Å². The number of carbonyl (C=O) groups excluding carboxylic acids is 3. The second kappa shape index (κ2) is 14.6. The minimum Gasteiger partial charge on any atom is -0.354 e. The maximum atomic E-state index is 13.4. The number of hydrogen-bond acceptors (Lipinski definition) is 4. The monoisotopic (exact) mass is 533 g/mol. The van der Waals surface area contributed by atoms with Gasteiger partial charge >= 0.3 is 0 Å². The van der Waals surface area contributed by atoms with Crippen molar-refractivity contribution >= 4 is 29.6 Å². The van der Waals surface area contributed by atoms with Crippen molar-refractivity contribution in [3.63, 3.8) is 0 Å². The lowest BCUT2D eigenvalue weighted by atomic mass is 9.92. The van der Waals surface area contributed by atoms with Gasteiger partial charge in [0.1, 0.15) is 12.6 Å². The first kappa shape index (κ1) is 28.5. The van der Waals surface area contributed by atoms with Crippen molar-refractivity contribution in [2.24, 2.45) is 5.92 Å². The zero-order valence-electron chi connectivity index (χ0n) is 22.9. The van der Waals surface area contributed by atoms with Gasteiger partial charge in [0.05, 0.1) is 12.5 Å². The lowest BCUT2D eigenvalue weighted by Crippen LogP contribution is -2.49. The molecule has 0 radical (unpaired) electrons. The van der Waals surface area contributed by atoms with Crippen LogP contribution in [0.3, 0.4) is 0 Å². The predicted molar refractivity (Wildman–Crippen MR) is 150 cm³/mol. The molecule has 0 aromatic heterocycles. The van der Waals surface area contributed by atoms with Crippen LogP contribution in [0, 0.1) is 5.92 Å². The lowest BCUT2D eigenvalue weighted by molar-refractivity contribution is -0.433. The van der Waals surface area contributed by atoms with Crippen LogP contribution < -0.4 is 16.1 Å². The molecule has 208 valence electrons. The number of nitrogens with zero attached hydrogens (tertiary/aromatic N) is 1. The van der Waals surface area contributed by atoms with Gasteiger partial charge in [-0.2, -0.15) is 0 Å². The molecule has 2 aliphatic heterocycles. The number of amides is 3. The predicted octanol–water partition coefficient (Wildman–Crippen LogP) is 4.12. The summed E-state index contributed by atoms with van der Waals surface area (Å²) in [6.07, 6.45) is 8.13. The Hall–Kier alpha value is -3.52. The van der Waals surface area contributed by atoms with Crippen LogP contribution >= 0.6 is 0 Å². The normalized spacial score (nSPS) is 20.2. The molecule has 4 rings (SSSR count). The first-order chi connectivity index (χ1) is 19.0. The van der Waals surface area contributed by atoms with Crippen molar-refractivity contribution in [1.82, 2.24) is 16.1 Å². The highest BCUT2D eigenvalue weighted by Crippen LogP contribution is 2.34. The van der Waals surface area contributed by atoms with E-state index < -0.39 is 12.0 Å². The molecule has 0 fully saturated rings. The van der Waals surface area contributed by atoms with E-state index in [1.807, 2.05) is 49.4 Å². The largest absolute Gasteiger partial charge is 0.354 e. The van der Waals surface area contributed by atoms with Gasteiger partial charge in [0, 0.05) is 36.9 Å². The first-order valence-corrected chi connectivity index (χ1v) is 14.3. The highest BCUT2D eigenvalue weighted by molar-refractivity contribution is 5.91. The summed E-state index contributed by atoms with van der Waals surface area (Å²) in [4.78, 5) is 44.7. The Kier molecular flexibility index (Phi) is 10.7. The molecule has 8 nitrogen and oxygen atoms in total. The van der Waals surface area contributed by atoms with Crippen molar-refractivity contribution in [3.8, 4) is 0 Å². The third-order valence-electron chi connectivity index (χ3n) is 7.46. The highest BCUT2D eigenvalue weighted by atomic mass is 16.6. The Morgan fingerprint density at radius 3 is 2.64 bits per heavy atom. The number of fused-ring (bicyclic) bond motifs is 4. The zero-order valence-corrected chi connectivity index (χ0v) is 22.9.